The number of fused-ring (bicyclic) bond motifs is 1. The van der Waals surface area contributed by atoms with Crippen molar-refractivity contribution in [3.8, 4) is 11.5 Å². The van der Waals surface area contributed by atoms with Crippen LogP contribution in [-0.2, 0) is 30.1 Å². The first-order chi connectivity index (χ1) is 15.1. The average Bonchev–Trinajstić information content (AvgIpc) is 3.38. The summed E-state index contributed by atoms with van der Waals surface area (Å²) in [4.78, 5) is 12.4. The van der Waals surface area contributed by atoms with Gasteiger partial charge in [0.15, 0.2) is 22.5 Å². The molecule has 0 spiro atoms. The second-order valence-corrected chi connectivity index (χ2v) is 8.16. The fourth-order valence-corrected chi connectivity index (χ4v) is 4.20. The average molecular weight is 437 g/mol. The lowest BCUT2D eigenvalue weighted by Gasteiger charge is -2.09. The molecule has 31 heavy (non-hydrogen) atoms. The number of nitrogens with one attached hydrogen (secondary N) is 1. The van der Waals surface area contributed by atoms with Crippen LogP contribution in [0.5, 0.6) is 11.5 Å². The molecule has 2 aromatic carbocycles. The summed E-state index contributed by atoms with van der Waals surface area (Å²) in [6.45, 7) is 7.01. The van der Waals surface area contributed by atoms with Crippen molar-refractivity contribution in [1.29, 1.82) is 0 Å². The molecule has 0 fully saturated rings. The molecular weight excluding hydrogens is 412 g/mol. The van der Waals surface area contributed by atoms with Gasteiger partial charge in [-0.05, 0) is 30.2 Å². The van der Waals surface area contributed by atoms with Crippen molar-refractivity contribution in [2.24, 2.45) is 0 Å². The van der Waals surface area contributed by atoms with Crippen molar-refractivity contribution in [2.75, 3.05) is 6.79 Å². The minimum atomic E-state index is -0.0963. The summed E-state index contributed by atoms with van der Waals surface area (Å²) in [7, 11) is 0. The maximum Gasteiger partial charge on any atom is 0.231 e. The smallest absolute Gasteiger partial charge is 0.231 e. The summed E-state index contributed by atoms with van der Waals surface area (Å²) in [5.74, 6) is 2.78. The predicted molar refractivity (Wildman–Crippen MR) is 119 cm³/mol. The Hall–Kier alpha value is -3.26. The minimum Gasteiger partial charge on any atom is -0.454 e. The zero-order valence-electron chi connectivity index (χ0n) is 17.3. The fraction of sp³-hybridized carbons (Fsp3) is 0.261. The van der Waals surface area contributed by atoms with E-state index in [9.17, 15) is 4.79 Å². The van der Waals surface area contributed by atoms with Crippen molar-refractivity contribution in [3.63, 3.8) is 0 Å². The number of carbonyl (C=O) groups excluding carboxylic acids is 1. The Kier molecular flexibility index (Phi) is 6.57. The van der Waals surface area contributed by atoms with Gasteiger partial charge in [0.05, 0.1) is 13.0 Å². The van der Waals surface area contributed by atoms with Crippen LogP contribution in [0.1, 0.15) is 22.5 Å². The maximum absolute atomic E-state index is 12.4. The highest BCUT2D eigenvalue weighted by atomic mass is 32.2. The van der Waals surface area contributed by atoms with Crippen LogP contribution in [0.4, 0.5) is 0 Å². The van der Waals surface area contributed by atoms with Gasteiger partial charge in [0.2, 0.25) is 12.7 Å². The van der Waals surface area contributed by atoms with Crippen LogP contribution < -0.4 is 14.8 Å². The molecule has 0 aliphatic carbocycles. The Labute approximate surface area is 185 Å². The Morgan fingerprint density at radius 2 is 2.06 bits per heavy atom. The van der Waals surface area contributed by atoms with Crippen molar-refractivity contribution >= 4 is 17.7 Å². The van der Waals surface area contributed by atoms with Crippen LogP contribution in [0.25, 0.3) is 0 Å². The van der Waals surface area contributed by atoms with E-state index in [1.54, 1.807) is 17.8 Å². The van der Waals surface area contributed by atoms with Crippen LogP contribution in [0.15, 0.2) is 60.3 Å². The number of thioether (sulfide) groups is 1. The van der Waals surface area contributed by atoms with E-state index in [1.807, 2.05) is 22.8 Å². The molecule has 0 unspecified atom stereocenters. The number of aromatic nitrogens is 3. The summed E-state index contributed by atoms with van der Waals surface area (Å²) < 4.78 is 12.7. The van der Waals surface area contributed by atoms with Crippen molar-refractivity contribution in [1.82, 2.24) is 20.1 Å². The standard InChI is InChI=1S/C23H24N4O3S/c1-3-9-27-21(25-26-23(27)31-14-18-6-4-5-16(2)10-18)13-24-22(28)12-17-7-8-19-20(11-17)30-15-29-19/h3-8,10-11H,1,9,12-15H2,2H3,(H,24,28). The van der Waals surface area contributed by atoms with Gasteiger partial charge in [-0.15, -0.1) is 16.8 Å². The minimum absolute atomic E-state index is 0.0963. The lowest BCUT2D eigenvalue weighted by molar-refractivity contribution is -0.120. The summed E-state index contributed by atoms with van der Waals surface area (Å²) in [6, 6.07) is 13.9. The van der Waals surface area contributed by atoms with Gasteiger partial charge in [0, 0.05) is 12.3 Å². The first-order valence-corrected chi connectivity index (χ1v) is 11.0. The Morgan fingerprint density at radius 3 is 2.90 bits per heavy atom. The highest BCUT2D eigenvalue weighted by molar-refractivity contribution is 7.98. The molecule has 0 saturated carbocycles. The van der Waals surface area contributed by atoms with Gasteiger partial charge < -0.3 is 19.4 Å². The molecule has 7 nitrogen and oxygen atoms in total. The SMILES string of the molecule is C=CCn1c(CNC(=O)Cc2ccc3c(c2)OCO3)nnc1SCc1cccc(C)c1. The van der Waals surface area contributed by atoms with Gasteiger partial charge in [0.25, 0.3) is 0 Å². The normalized spacial score (nSPS) is 12.0. The van der Waals surface area contributed by atoms with Gasteiger partial charge in [-0.2, -0.15) is 0 Å². The molecule has 1 amide bonds. The molecule has 160 valence electrons. The number of nitrogens with zero attached hydrogens (tertiary/aromatic N) is 3. The van der Waals surface area contributed by atoms with E-state index >= 15 is 0 Å². The first kappa shape index (κ1) is 21.0. The van der Waals surface area contributed by atoms with Gasteiger partial charge in [-0.25, -0.2) is 0 Å². The molecule has 3 aromatic rings. The number of rotatable bonds is 9. The van der Waals surface area contributed by atoms with Gasteiger partial charge in [0.1, 0.15) is 0 Å². The van der Waals surface area contributed by atoms with Gasteiger partial charge in [-0.1, -0.05) is 53.7 Å². The quantitative estimate of drug-likeness (QED) is 0.408. The number of allylic oxidation sites excluding steroid dienone is 1. The maximum atomic E-state index is 12.4. The fourth-order valence-electron chi connectivity index (χ4n) is 3.30. The number of ether oxygens (including phenoxy) is 2. The van der Waals surface area contributed by atoms with Crippen LogP contribution in [0.2, 0.25) is 0 Å². The van der Waals surface area contributed by atoms with E-state index in [1.165, 1.54) is 11.1 Å². The molecule has 4 rings (SSSR count). The molecule has 1 N–H and O–H groups in total. The van der Waals surface area contributed by atoms with Crippen LogP contribution in [0.3, 0.4) is 0 Å². The Bertz CT molecular complexity index is 1100. The van der Waals surface area contributed by atoms with E-state index in [-0.39, 0.29) is 19.1 Å². The molecule has 0 radical (unpaired) electrons. The third-order valence-corrected chi connectivity index (χ3v) is 5.84. The number of amides is 1. The second-order valence-electron chi connectivity index (χ2n) is 7.22. The monoisotopic (exact) mass is 436 g/mol. The summed E-state index contributed by atoms with van der Waals surface area (Å²) >= 11 is 1.62. The second kappa shape index (κ2) is 9.70. The molecule has 1 aromatic heterocycles. The van der Waals surface area contributed by atoms with Crippen LogP contribution >= 0.6 is 11.8 Å². The van der Waals surface area contributed by atoms with Crippen LogP contribution in [-0.4, -0.2) is 27.5 Å². The molecule has 8 heteroatoms. The van der Waals surface area contributed by atoms with E-state index in [0.29, 0.717) is 30.4 Å². The molecule has 0 bridgehead atoms. The largest absolute Gasteiger partial charge is 0.454 e. The van der Waals surface area contributed by atoms with E-state index in [2.05, 4.69) is 53.3 Å². The first-order valence-electron chi connectivity index (χ1n) is 9.99. The van der Waals surface area contributed by atoms with E-state index in [0.717, 1.165) is 16.5 Å². The number of hydrogen-bond donors (Lipinski definition) is 1. The van der Waals surface area contributed by atoms with Crippen molar-refractivity contribution < 1.29 is 14.3 Å². The number of aryl methyl sites for hydroxylation is 1. The van der Waals surface area contributed by atoms with Crippen molar-refractivity contribution in [2.45, 2.75) is 37.3 Å². The highest BCUT2D eigenvalue weighted by Crippen LogP contribution is 2.32. The van der Waals surface area contributed by atoms with E-state index in [4.69, 9.17) is 9.47 Å². The Balaban J connectivity index is 1.36. The molecule has 2 heterocycles. The van der Waals surface area contributed by atoms with Gasteiger partial charge in [-0.3, -0.25) is 4.79 Å². The highest BCUT2D eigenvalue weighted by Gasteiger charge is 2.16. The van der Waals surface area contributed by atoms with Crippen molar-refractivity contribution in [3.05, 3.63) is 77.6 Å². The van der Waals surface area contributed by atoms with E-state index < -0.39 is 0 Å². The molecule has 0 atom stereocenters. The lowest BCUT2D eigenvalue weighted by Crippen LogP contribution is -2.26. The van der Waals surface area contributed by atoms with Gasteiger partial charge >= 0.3 is 0 Å². The molecular formula is C23H24N4O3S. The summed E-state index contributed by atoms with van der Waals surface area (Å²) in [5.41, 5.74) is 3.33. The zero-order chi connectivity index (χ0) is 21.6. The molecule has 0 saturated heterocycles. The number of hydrogen-bond acceptors (Lipinski definition) is 6. The zero-order valence-corrected chi connectivity index (χ0v) is 18.2. The molecule has 1 aliphatic rings. The third-order valence-electron chi connectivity index (χ3n) is 4.80. The summed E-state index contributed by atoms with van der Waals surface area (Å²) in [6.07, 6.45) is 2.05. The third kappa shape index (κ3) is 5.27. The summed E-state index contributed by atoms with van der Waals surface area (Å²) in [5, 5.41) is 12.3. The van der Waals surface area contributed by atoms with Crippen LogP contribution in [0, 0.1) is 6.92 Å². The topological polar surface area (TPSA) is 78.3 Å². The molecule has 1 aliphatic heterocycles. The number of benzene rings is 2. The lowest BCUT2D eigenvalue weighted by atomic mass is 10.1. The predicted octanol–water partition coefficient (Wildman–Crippen LogP) is 3.65. The number of carbonyl (C=O) groups is 1. The Morgan fingerprint density at radius 1 is 1.19 bits per heavy atom.